The van der Waals surface area contributed by atoms with Crippen molar-refractivity contribution in [3.05, 3.63) is 95.6 Å². The summed E-state index contributed by atoms with van der Waals surface area (Å²) in [7, 11) is 4.37. The van der Waals surface area contributed by atoms with E-state index in [1.165, 1.54) is 28.1 Å². The minimum absolute atomic E-state index is 0.258. The quantitative estimate of drug-likeness (QED) is 0.640. The molecular formula is C23H24N2. The molecule has 0 aromatic heterocycles. The van der Waals surface area contributed by atoms with Gasteiger partial charge in [0, 0.05) is 33.1 Å². The number of nitrogens with zero attached hydrogens (tertiary/aromatic N) is 2. The van der Waals surface area contributed by atoms with Gasteiger partial charge in [0.2, 0.25) is 0 Å². The van der Waals surface area contributed by atoms with Crippen molar-refractivity contribution < 1.29 is 0 Å². The fraction of sp³-hybridized carbons (Fsp3) is 0.217. The molecule has 0 radical (unpaired) electrons. The van der Waals surface area contributed by atoms with Gasteiger partial charge in [0.05, 0.1) is 11.4 Å². The Hall–Kier alpha value is -2.74. The molecule has 3 aromatic carbocycles. The molecule has 4 rings (SSSR count). The van der Waals surface area contributed by atoms with E-state index in [2.05, 4.69) is 103 Å². The van der Waals surface area contributed by atoms with Crippen LogP contribution in [-0.4, -0.2) is 27.2 Å². The van der Waals surface area contributed by atoms with Gasteiger partial charge in [0.1, 0.15) is 0 Å². The molecule has 0 saturated carbocycles. The molecule has 1 heterocycles. The van der Waals surface area contributed by atoms with Crippen LogP contribution in [0.1, 0.15) is 22.6 Å². The number of rotatable bonds is 3. The average Bonchev–Trinajstić information content (AvgIpc) is 2.67. The van der Waals surface area contributed by atoms with Gasteiger partial charge in [-0.1, -0.05) is 66.7 Å². The van der Waals surface area contributed by atoms with Crippen molar-refractivity contribution in [2.45, 2.75) is 5.92 Å². The van der Waals surface area contributed by atoms with Gasteiger partial charge < -0.3 is 9.80 Å². The highest BCUT2D eigenvalue weighted by Gasteiger charge is 2.22. The summed E-state index contributed by atoms with van der Waals surface area (Å²) in [5, 5.41) is 0. The molecule has 2 nitrogen and oxygen atoms in total. The van der Waals surface area contributed by atoms with Crippen molar-refractivity contribution >= 4 is 11.4 Å². The maximum absolute atomic E-state index is 2.37. The molecule has 2 heteroatoms. The molecule has 0 N–H and O–H groups in total. The maximum Gasteiger partial charge on any atom is 0.0605 e. The summed E-state index contributed by atoms with van der Waals surface area (Å²) in [6.07, 6.45) is 0. The monoisotopic (exact) mass is 328 g/mol. The summed E-state index contributed by atoms with van der Waals surface area (Å²) in [5.74, 6) is 0.258. The first-order chi connectivity index (χ1) is 12.2. The molecule has 0 fully saturated rings. The van der Waals surface area contributed by atoms with Crippen LogP contribution in [0.2, 0.25) is 0 Å². The van der Waals surface area contributed by atoms with Gasteiger partial charge in [-0.2, -0.15) is 0 Å². The molecule has 3 aromatic rings. The average molecular weight is 328 g/mol. The van der Waals surface area contributed by atoms with E-state index < -0.39 is 0 Å². The predicted molar refractivity (Wildman–Crippen MR) is 107 cm³/mol. The van der Waals surface area contributed by atoms with Crippen LogP contribution in [0, 0.1) is 0 Å². The summed E-state index contributed by atoms with van der Waals surface area (Å²) in [5.41, 5.74) is 6.65. The number of likely N-dealkylation sites (N-methyl/N-ethyl adjacent to an activating group) is 2. The van der Waals surface area contributed by atoms with E-state index in [1.807, 2.05) is 0 Å². The van der Waals surface area contributed by atoms with Crippen LogP contribution >= 0.6 is 0 Å². The Bertz CT molecular complexity index is 803. The molecule has 25 heavy (non-hydrogen) atoms. The lowest BCUT2D eigenvalue weighted by Crippen LogP contribution is -2.36. The Morgan fingerprint density at radius 2 is 1.12 bits per heavy atom. The minimum Gasteiger partial charge on any atom is -0.371 e. The van der Waals surface area contributed by atoms with E-state index >= 15 is 0 Å². The minimum atomic E-state index is 0.258. The maximum atomic E-state index is 2.37. The molecule has 0 saturated heterocycles. The number of anilines is 2. The Kier molecular flexibility index (Phi) is 4.19. The van der Waals surface area contributed by atoms with E-state index in [0.717, 1.165) is 13.1 Å². The van der Waals surface area contributed by atoms with Crippen LogP contribution < -0.4 is 9.80 Å². The standard InChI is InChI=1S/C23H24N2/c1-24-15-16-25(2)22-17-20(13-14-21(22)24)23(18-9-5-3-6-10-18)19-11-7-4-8-12-19/h3-14,17,23H,15-16H2,1-2H3. The zero-order valence-electron chi connectivity index (χ0n) is 14.9. The topological polar surface area (TPSA) is 6.48 Å². The summed E-state index contributed by atoms with van der Waals surface area (Å²) in [6, 6.07) is 28.5. The van der Waals surface area contributed by atoms with Crippen LogP contribution in [0.15, 0.2) is 78.9 Å². The van der Waals surface area contributed by atoms with Crippen molar-refractivity contribution in [3.63, 3.8) is 0 Å². The first-order valence-electron chi connectivity index (χ1n) is 8.90. The van der Waals surface area contributed by atoms with E-state index in [0.29, 0.717) is 0 Å². The van der Waals surface area contributed by atoms with Crippen LogP contribution in [0.5, 0.6) is 0 Å². The molecule has 0 spiro atoms. The van der Waals surface area contributed by atoms with E-state index in [4.69, 9.17) is 0 Å². The highest BCUT2D eigenvalue weighted by atomic mass is 15.2. The third-order valence-electron chi connectivity index (χ3n) is 5.19. The van der Waals surface area contributed by atoms with Crippen LogP contribution in [0.4, 0.5) is 11.4 Å². The molecule has 126 valence electrons. The van der Waals surface area contributed by atoms with Gasteiger partial charge in [-0.15, -0.1) is 0 Å². The van der Waals surface area contributed by atoms with E-state index in [1.54, 1.807) is 0 Å². The molecule has 0 unspecified atom stereocenters. The SMILES string of the molecule is CN1CCN(C)c2cc(C(c3ccccc3)c3ccccc3)ccc21. The second-order valence-corrected chi connectivity index (χ2v) is 6.85. The molecule has 0 atom stereocenters. The fourth-order valence-electron chi connectivity index (χ4n) is 3.76. The van der Waals surface area contributed by atoms with E-state index in [-0.39, 0.29) is 5.92 Å². The third kappa shape index (κ3) is 3.00. The van der Waals surface area contributed by atoms with Gasteiger partial charge in [-0.05, 0) is 28.8 Å². The lowest BCUT2D eigenvalue weighted by atomic mass is 9.84. The van der Waals surface area contributed by atoms with Gasteiger partial charge in [-0.3, -0.25) is 0 Å². The Morgan fingerprint density at radius 1 is 0.600 bits per heavy atom. The Morgan fingerprint density at radius 3 is 1.68 bits per heavy atom. The zero-order valence-corrected chi connectivity index (χ0v) is 14.9. The highest BCUT2D eigenvalue weighted by molar-refractivity contribution is 5.74. The lowest BCUT2D eigenvalue weighted by Gasteiger charge is -2.35. The molecule has 1 aliphatic rings. The second-order valence-electron chi connectivity index (χ2n) is 6.85. The normalized spacial score (nSPS) is 13.9. The predicted octanol–water partition coefficient (Wildman–Crippen LogP) is 4.75. The first-order valence-corrected chi connectivity index (χ1v) is 8.90. The van der Waals surface area contributed by atoms with Gasteiger partial charge in [-0.25, -0.2) is 0 Å². The van der Waals surface area contributed by atoms with Gasteiger partial charge in [0.15, 0.2) is 0 Å². The summed E-state index contributed by atoms with van der Waals surface area (Å²) >= 11 is 0. The molecule has 0 amide bonds. The number of fused-ring (bicyclic) bond motifs is 1. The molecule has 0 aliphatic carbocycles. The van der Waals surface area contributed by atoms with Crippen molar-refractivity contribution in [3.8, 4) is 0 Å². The summed E-state index contributed by atoms with van der Waals surface area (Å²) in [4.78, 5) is 4.71. The zero-order chi connectivity index (χ0) is 17.2. The molecule has 0 bridgehead atoms. The third-order valence-corrected chi connectivity index (χ3v) is 5.19. The van der Waals surface area contributed by atoms with Crippen LogP contribution in [-0.2, 0) is 0 Å². The van der Waals surface area contributed by atoms with E-state index in [9.17, 15) is 0 Å². The van der Waals surface area contributed by atoms with Gasteiger partial charge in [0.25, 0.3) is 0 Å². The van der Waals surface area contributed by atoms with Crippen LogP contribution in [0.25, 0.3) is 0 Å². The highest BCUT2D eigenvalue weighted by Crippen LogP contribution is 2.38. The van der Waals surface area contributed by atoms with Crippen molar-refractivity contribution in [2.75, 3.05) is 37.0 Å². The number of hydrogen-bond acceptors (Lipinski definition) is 2. The lowest BCUT2D eigenvalue weighted by molar-refractivity contribution is 0.795. The van der Waals surface area contributed by atoms with Gasteiger partial charge >= 0.3 is 0 Å². The molecule has 1 aliphatic heterocycles. The Labute approximate surface area is 150 Å². The Balaban J connectivity index is 1.85. The molecular weight excluding hydrogens is 304 g/mol. The number of benzene rings is 3. The van der Waals surface area contributed by atoms with Crippen molar-refractivity contribution in [2.24, 2.45) is 0 Å². The number of hydrogen-bond donors (Lipinski definition) is 0. The summed E-state index contributed by atoms with van der Waals surface area (Å²) in [6.45, 7) is 2.14. The second kappa shape index (κ2) is 6.64. The smallest absolute Gasteiger partial charge is 0.0605 e. The van der Waals surface area contributed by atoms with Crippen molar-refractivity contribution in [1.29, 1.82) is 0 Å². The largest absolute Gasteiger partial charge is 0.371 e. The first kappa shape index (κ1) is 15.8. The van der Waals surface area contributed by atoms with Crippen LogP contribution in [0.3, 0.4) is 0 Å². The fourth-order valence-corrected chi connectivity index (χ4v) is 3.76. The summed E-state index contributed by atoms with van der Waals surface area (Å²) < 4.78 is 0. The van der Waals surface area contributed by atoms with Crippen molar-refractivity contribution in [1.82, 2.24) is 0 Å².